The van der Waals surface area contributed by atoms with Crippen molar-refractivity contribution in [1.82, 2.24) is 4.90 Å². The minimum absolute atomic E-state index is 0.0650. The molecule has 0 radical (unpaired) electrons. The molecule has 182 valence electrons. The van der Waals surface area contributed by atoms with Crippen LogP contribution in [0.4, 0.5) is 11.4 Å². The zero-order valence-electron chi connectivity index (χ0n) is 19.4. The minimum Gasteiger partial charge on any atom is -0.497 e. The third-order valence-electron chi connectivity index (χ3n) is 5.68. The van der Waals surface area contributed by atoms with E-state index in [1.54, 1.807) is 31.4 Å². The topological polar surface area (TPSA) is 103 Å². The number of nitrogens with zero attached hydrogens (tertiary/aromatic N) is 2. The van der Waals surface area contributed by atoms with E-state index in [1.165, 1.54) is 18.2 Å². The molecule has 0 aliphatic carbocycles. The van der Waals surface area contributed by atoms with Crippen LogP contribution >= 0.6 is 0 Å². The summed E-state index contributed by atoms with van der Waals surface area (Å²) >= 11 is 0. The first-order valence-corrected chi connectivity index (χ1v) is 11.3. The first-order valence-electron chi connectivity index (χ1n) is 11.3. The number of nitro benzene ring substituents is 1. The van der Waals surface area contributed by atoms with Crippen molar-refractivity contribution in [3.8, 4) is 22.6 Å². The van der Waals surface area contributed by atoms with Gasteiger partial charge in [0.15, 0.2) is 6.61 Å². The van der Waals surface area contributed by atoms with Crippen molar-refractivity contribution in [2.45, 2.75) is 6.54 Å². The number of nitro groups is 1. The number of anilines is 1. The van der Waals surface area contributed by atoms with Gasteiger partial charge < -0.3 is 19.5 Å². The molecule has 1 aliphatic heterocycles. The summed E-state index contributed by atoms with van der Waals surface area (Å²) in [5.41, 5.74) is 2.99. The summed E-state index contributed by atoms with van der Waals surface area (Å²) in [6.07, 6.45) is 0. The van der Waals surface area contributed by atoms with Crippen LogP contribution in [0.25, 0.3) is 11.1 Å². The van der Waals surface area contributed by atoms with Gasteiger partial charge in [-0.15, -0.1) is 0 Å². The summed E-state index contributed by atoms with van der Waals surface area (Å²) in [4.78, 5) is 25.6. The molecule has 0 unspecified atom stereocenters. The third kappa shape index (κ3) is 6.56. The number of carbonyl (C=O) groups excluding carboxylic acids is 1. The van der Waals surface area contributed by atoms with Gasteiger partial charge in [-0.2, -0.15) is 0 Å². The summed E-state index contributed by atoms with van der Waals surface area (Å²) in [6, 6.07) is 19.1. The van der Waals surface area contributed by atoms with Gasteiger partial charge in [0.2, 0.25) is 0 Å². The predicted molar refractivity (Wildman–Crippen MR) is 132 cm³/mol. The van der Waals surface area contributed by atoms with Crippen molar-refractivity contribution in [1.29, 1.82) is 0 Å². The zero-order valence-corrected chi connectivity index (χ0v) is 19.4. The first kappa shape index (κ1) is 24.2. The van der Waals surface area contributed by atoms with E-state index in [0.29, 0.717) is 28.3 Å². The molecule has 1 fully saturated rings. The second kappa shape index (κ2) is 11.5. The summed E-state index contributed by atoms with van der Waals surface area (Å²) in [5.74, 6) is 0.707. The quantitative estimate of drug-likeness (QED) is 0.365. The Bertz CT molecular complexity index is 1160. The van der Waals surface area contributed by atoms with Crippen LogP contribution in [0.1, 0.15) is 5.56 Å². The Hall–Kier alpha value is -3.95. The SMILES string of the molecule is COc1ccc(-c2cc([N+](=O)[O-])ccc2OCC(=O)Nc2ccc(CN3CCOCC3)cc2)cc1. The molecule has 9 nitrogen and oxygen atoms in total. The number of hydrogen-bond donors (Lipinski definition) is 1. The van der Waals surface area contributed by atoms with Crippen molar-refractivity contribution in [2.75, 3.05) is 45.3 Å². The van der Waals surface area contributed by atoms with Crippen LogP contribution in [0.2, 0.25) is 0 Å². The van der Waals surface area contributed by atoms with E-state index in [9.17, 15) is 14.9 Å². The molecular weight excluding hydrogens is 450 g/mol. The van der Waals surface area contributed by atoms with Crippen molar-refractivity contribution >= 4 is 17.3 Å². The van der Waals surface area contributed by atoms with E-state index in [2.05, 4.69) is 10.2 Å². The number of benzene rings is 3. The molecule has 1 saturated heterocycles. The van der Waals surface area contributed by atoms with Gasteiger partial charge in [-0.05, 0) is 41.5 Å². The molecule has 1 N–H and O–H groups in total. The van der Waals surface area contributed by atoms with Crippen LogP contribution in [0.3, 0.4) is 0 Å². The molecule has 1 aliphatic rings. The average molecular weight is 478 g/mol. The smallest absolute Gasteiger partial charge is 0.270 e. The van der Waals surface area contributed by atoms with E-state index in [1.807, 2.05) is 24.3 Å². The Labute approximate surface area is 203 Å². The molecule has 0 spiro atoms. The molecule has 0 bridgehead atoms. The lowest BCUT2D eigenvalue weighted by atomic mass is 10.0. The Morgan fingerprint density at radius 3 is 2.43 bits per heavy atom. The highest BCUT2D eigenvalue weighted by molar-refractivity contribution is 5.92. The van der Waals surface area contributed by atoms with Crippen LogP contribution in [0, 0.1) is 10.1 Å². The van der Waals surface area contributed by atoms with Gasteiger partial charge in [-0.25, -0.2) is 0 Å². The summed E-state index contributed by atoms with van der Waals surface area (Å²) in [6.45, 7) is 3.94. The summed E-state index contributed by atoms with van der Waals surface area (Å²) < 4.78 is 16.3. The standard InChI is InChI=1S/C26H27N3O6/c1-33-23-9-4-20(5-10-23)24-16-22(29(31)32)8-11-25(24)35-18-26(30)27-21-6-2-19(3-7-21)17-28-12-14-34-15-13-28/h2-11,16H,12-15,17-18H2,1H3,(H,27,30). The van der Waals surface area contributed by atoms with Gasteiger partial charge in [-0.3, -0.25) is 19.8 Å². The highest BCUT2D eigenvalue weighted by Gasteiger charge is 2.15. The predicted octanol–water partition coefficient (Wildman–Crippen LogP) is 4.12. The first-order chi connectivity index (χ1) is 17.0. The number of hydrogen-bond acceptors (Lipinski definition) is 7. The summed E-state index contributed by atoms with van der Waals surface area (Å²) in [7, 11) is 1.56. The fraction of sp³-hybridized carbons (Fsp3) is 0.269. The fourth-order valence-corrected chi connectivity index (χ4v) is 3.80. The molecule has 4 rings (SSSR count). The highest BCUT2D eigenvalue weighted by atomic mass is 16.6. The van der Waals surface area contributed by atoms with Crippen LogP contribution in [0.5, 0.6) is 11.5 Å². The number of nitrogens with one attached hydrogen (secondary N) is 1. The van der Waals surface area contributed by atoms with Gasteiger partial charge in [-0.1, -0.05) is 24.3 Å². The second-order valence-electron chi connectivity index (χ2n) is 8.09. The van der Waals surface area contributed by atoms with E-state index in [0.717, 1.165) is 38.4 Å². The van der Waals surface area contributed by atoms with Crippen LogP contribution in [-0.4, -0.2) is 55.8 Å². The maximum absolute atomic E-state index is 12.5. The number of non-ortho nitro benzene ring substituents is 1. The molecule has 0 saturated carbocycles. The Morgan fingerprint density at radius 2 is 1.77 bits per heavy atom. The van der Waals surface area contributed by atoms with Crippen LogP contribution in [-0.2, 0) is 16.1 Å². The number of amides is 1. The maximum Gasteiger partial charge on any atom is 0.270 e. The van der Waals surface area contributed by atoms with Crippen molar-refractivity contribution in [2.24, 2.45) is 0 Å². The Kier molecular flexibility index (Phi) is 7.92. The van der Waals surface area contributed by atoms with Gasteiger partial charge in [0, 0.05) is 43.0 Å². The van der Waals surface area contributed by atoms with Crippen molar-refractivity contribution in [3.05, 3.63) is 82.4 Å². The monoisotopic (exact) mass is 477 g/mol. The van der Waals surface area contributed by atoms with E-state index >= 15 is 0 Å². The van der Waals surface area contributed by atoms with Crippen LogP contribution in [0.15, 0.2) is 66.7 Å². The normalized spacial score (nSPS) is 13.7. The molecule has 0 aromatic heterocycles. The average Bonchev–Trinajstić information content (AvgIpc) is 2.89. The lowest BCUT2D eigenvalue weighted by molar-refractivity contribution is -0.384. The number of methoxy groups -OCH3 is 1. The molecule has 3 aromatic rings. The summed E-state index contributed by atoms with van der Waals surface area (Å²) in [5, 5.41) is 14.1. The molecule has 35 heavy (non-hydrogen) atoms. The Balaban J connectivity index is 1.39. The number of carbonyl (C=O) groups is 1. The highest BCUT2D eigenvalue weighted by Crippen LogP contribution is 2.34. The van der Waals surface area contributed by atoms with E-state index < -0.39 is 4.92 Å². The zero-order chi connectivity index (χ0) is 24.6. The Morgan fingerprint density at radius 1 is 1.06 bits per heavy atom. The largest absolute Gasteiger partial charge is 0.497 e. The van der Waals surface area contributed by atoms with Gasteiger partial charge >= 0.3 is 0 Å². The van der Waals surface area contributed by atoms with E-state index in [4.69, 9.17) is 14.2 Å². The molecule has 3 aromatic carbocycles. The molecule has 9 heteroatoms. The van der Waals surface area contributed by atoms with Gasteiger partial charge in [0.1, 0.15) is 11.5 Å². The molecular formula is C26H27N3O6. The molecule has 0 atom stereocenters. The number of morpholine rings is 1. The van der Waals surface area contributed by atoms with Crippen molar-refractivity contribution in [3.63, 3.8) is 0 Å². The number of rotatable bonds is 9. The maximum atomic E-state index is 12.5. The van der Waals surface area contributed by atoms with Gasteiger partial charge in [0.05, 0.1) is 25.2 Å². The molecule has 1 heterocycles. The third-order valence-corrected chi connectivity index (χ3v) is 5.68. The van der Waals surface area contributed by atoms with Crippen molar-refractivity contribution < 1.29 is 23.9 Å². The van der Waals surface area contributed by atoms with E-state index in [-0.39, 0.29) is 18.2 Å². The minimum atomic E-state index is -0.466. The lowest BCUT2D eigenvalue weighted by Crippen LogP contribution is -2.35. The second-order valence-corrected chi connectivity index (χ2v) is 8.09. The molecule has 1 amide bonds. The number of ether oxygens (including phenoxy) is 3. The fourth-order valence-electron chi connectivity index (χ4n) is 3.80. The van der Waals surface area contributed by atoms with Crippen LogP contribution < -0.4 is 14.8 Å². The van der Waals surface area contributed by atoms with Gasteiger partial charge in [0.25, 0.3) is 11.6 Å². The lowest BCUT2D eigenvalue weighted by Gasteiger charge is -2.26.